The summed E-state index contributed by atoms with van der Waals surface area (Å²) in [6, 6.07) is 4.68. The minimum absolute atomic E-state index is 0.0894. The molecule has 28 heteroatoms. The lowest BCUT2D eigenvalue weighted by Crippen LogP contribution is -2.40. The van der Waals surface area contributed by atoms with Crippen molar-refractivity contribution in [3.8, 4) is 22.3 Å². The van der Waals surface area contributed by atoms with E-state index < -0.39 is 112 Å². The topological polar surface area (TPSA) is 129 Å². The number of aliphatic hydroxyl groups is 1. The average molecular weight is 894 g/mol. The number of halogens is 16. The number of fused-ring (bicyclic) bond motifs is 2. The van der Waals surface area contributed by atoms with Gasteiger partial charge < -0.3 is 9.95 Å². The summed E-state index contributed by atoms with van der Waals surface area (Å²) >= 11 is 0. The molecule has 326 valence electrons. The van der Waals surface area contributed by atoms with Gasteiger partial charge in [0.2, 0.25) is 6.54 Å². The van der Waals surface area contributed by atoms with Crippen LogP contribution in [0, 0.1) is 6.57 Å². The average Bonchev–Trinajstić information content (AvgIpc) is 3.78. The number of alkyl halides is 16. The molecule has 0 radical (unpaired) electrons. The zero-order valence-electron chi connectivity index (χ0n) is 29.4. The van der Waals surface area contributed by atoms with Gasteiger partial charge in [-0.25, -0.2) is 16.5 Å². The van der Waals surface area contributed by atoms with E-state index in [-0.39, 0.29) is 21.5 Å². The van der Waals surface area contributed by atoms with Crippen molar-refractivity contribution in [3.05, 3.63) is 116 Å². The van der Waals surface area contributed by atoms with Gasteiger partial charge in [0.1, 0.15) is 24.4 Å². The Hall–Kier alpha value is -6.53. The smallest absolute Gasteiger partial charge is 0.392 e. The minimum atomic E-state index is -5.90. The molecule has 0 bridgehead atoms. The van der Waals surface area contributed by atoms with Crippen molar-refractivity contribution in [2.75, 3.05) is 0 Å². The van der Waals surface area contributed by atoms with Crippen molar-refractivity contribution in [3.63, 3.8) is 0 Å². The molecule has 0 fully saturated rings. The Morgan fingerprint density at radius 1 is 0.607 bits per heavy atom. The Labute approximate surface area is 326 Å². The molecule has 0 aromatic carbocycles. The molecule has 0 aliphatic rings. The summed E-state index contributed by atoms with van der Waals surface area (Å²) in [5.41, 5.74) is -9.65. The van der Waals surface area contributed by atoms with Crippen molar-refractivity contribution in [2.45, 2.75) is 62.8 Å². The van der Waals surface area contributed by atoms with E-state index >= 15 is 0 Å². The van der Waals surface area contributed by atoms with Gasteiger partial charge in [-0.1, -0.05) is 0 Å². The third kappa shape index (κ3) is 9.44. The predicted molar refractivity (Wildman–Crippen MR) is 174 cm³/mol. The number of hydrogen-bond donors (Lipinski definition) is 1. The van der Waals surface area contributed by atoms with Crippen LogP contribution < -0.4 is 11.1 Å². The van der Waals surface area contributed by atoms with E-state index in [0.717, 1.165) is 28.9 Å². The van der Waals surface area contributed by atoms with E-state index in [0.29, 0.717) is 34.8 Å². The molecule has 0 unspecified atom stereocenters. The second kappa shape index (κ2) is 15.8. The molecule has 12 nitrogen and oxygen atoms in total. The van der Waals surface area contributed by atoms with Gasteiger partial charge in [0.15, 0.2) is 11.4 Å². The molecule has 6 aromatic heterocycles. The summed E-state index contributed by atoms with van der Waals surface area (Å²) in [5.74, 6) is -10.4. The fraction of sp³-hybridized carbons (Fsp3) is 0.303. The number of aliphatic hydroxyl groups excluding tert-OH is 1. The molecule has 1 N–H and O–H groups in total. The Bertz CT molecular complexity index is 2750. The molecule has 0 atom stereocenters. The van der Waals surface area contributed by atoms with Gasteiger partial charge in [-0.05, 0) is 29.8 Å². The van der Waals surface area contributed by atoms with Crippen LogP contribution in [0.3, 0.4) is 0 Å². The van der Waals surface area contributed by atoms with Gasteiger partial charge in [0, 0.05) is 41.5 Å². The fourth-order valence-electron chi connectivity index (χ4n) is 5.32. The lowest BCUT2D eigenvalue weighted by molar-refractivity contribution is -0.287. The van der Waals surface area contributed by atoms with Crippen molar-refractivity contribution in [2.24, 2.45) is 0 Å². The summed E-state index contributed by atoms with van der Waals surface area (Å²) in [5, 5.41) is 15.5. The maximum atomic E-state index is 13.6. The first kappa shape index (κ1) is 45.6. The van der Waals surface area contributed by atoms with Crippen LogP contribution in [-0.2, 0) is 38.6 Å². The molecule has 6 aromatic rings. The fourth-order valence-corrected chi connectivity index (χ4v) is 5.32. The van der Waals surface area contributed by atoms with Crippen molar-refractivity contribution < 1.29 is 75.4 Å². The second-order valence-corrected chi connectivity index (χ2v) is 12.5. The van der Waals surface area contributed by atoms with Gasteiger partial charge in [0.05, 0.1) is 30.1 Å². The number of rotatable bonds is 8. The van der Waals surface area contributed by atoms with Crippen LogP contribution in [0.1, 0.15) is 22.5 Å². The molecule has 6 heterocycles. The lowest BCUT2D eigenvalue weighted by atomic mass is 10.1. The highest BCUT2D eigenvalue weighted by molar-refractivity contribution is 5.67. The van der Waals surface area contributed by atoms with Crippen LogP contribution in [0.4, 0.5) is 70.2 Å². The van der Waals surface area contributed by atoms with E-state index in [2.05, 4.69) is 25.0 Å². The van der Waals surface area contributed by atoms with Crippen LogP contribution in [0.2, 0.25) is 0 Å². The first-order chi connectivity index (χ1) is 28.0. The monoisotopic (exact) mass is 893 g/mol. The third-order valence-electron chi connectivity index (χ3n) is 8.17. The molecule has 0 aliphatic heterocycles. The standard InChI is InChI=1S/C17H9F8N5O.C16H10F8N4O2/c1-26-5-9-2-3-30-11(4-9)28-13(16(20,21)22)12(14(30)31)10-6-27-29(7-10)8-15(18,19)17(23,24)25;17-14(18,16(22,23)24)7-27-5-9(4-25-27)11-12(15(19,20)21)26-10-3-8(6-29)1-2-28(10)13(11)30/h2-4,6-7H,5,8H2;1-5,29H,6-7H2. The molecule has 6 rings (SSSR count). The molecule has 61 heavy (non-hydrogen) atoms. The molecular formula is C33H19F16N9O3. The minimum Gasteiger partial charge on any atom is -0.392 e. The largest absolute Gasteiger partial charge is 0.455 e. The highest BCUT2D eigenvalue weighted by Crippen LogP contribution is 2.39. The summed E-state index contributed by atoms with van der Waals surface area (Å²) in [7, 11) is 0. The third-order valence-corrected chi connectivity index (χ3v) is 8.17. The van der Waals surface area contributed by atoms with Crippen molar-refractivity contribution in [1.29, 1.82) is 0 Å². The van der Waals surface area contributed by atoms with Crippen LogP contribution in [-0.4, -0.2) is 67.6 Å². The first-order valence-electron chi connectivity index (χ1n) is 16.1. The van der Waals surface area contributed by atoms with Gasteiger partial charge in [-0.2, -0.15) is 80.4 Å². The zero-order valence-corrected chi connectivity index (χ0v) is 29.4. The number of aromatic nitrogens is 8. The number of hydrogen-bond acceptors (Lipinski definition) is 7. The van der Waals surface area contributed by atoms with E-state index in [1.165, 1.54) is 12.1 Å². The normalized spacial score (nSPS) is 13.0. The summed E-state index contributed by atoms with van der Waals surface area (Å²) < 4.78 is 210. The molecule has 0 saturated carbocycles. The predicted octanol–water partition coefficient (Wildman–Crippen LogP) is 7.46. The second-order valence-electron chi connectivity index (χ2n) is 12.5. The first-order valence-corrected chi connectivity index (χ1v) is 16.1. The Morgan fingerprint density at radius 3 is 1.33 bits per heavy atom. The summed E-state index contributed by atoms with van der Waals surface area (Å²) in [6.07, 6.45) is -17.9. The van der Waals surface area contributed by atoms with E-state index in [1.54, 1.807) is 0 Å². The quantitative estimate of drug-likeness (QED) is 0.124. The zero-order chi connectivity index (χ0) is 45.7. The summed E-state index contributed by atoms with van der Waals surface area (Å²) in [4.78, 5) is 35.2. The Morgan fingerprint density at radius 2 is 0.984 bits per heavy atom. The van der Waals surface area contributed by atoms with E-state index in [4.69, 9.17) is 11.7 Å². The Kier molecular flexibility index (Phi) is 11.8. The SMILES string of the molecule is O=c1c(-c2cnn(CC(F)(F)C(F)(F)F)c2)c(C(F)(F)F)nc2cc(CO)ccn12.[C-]#[N+]Cc1ccn2c(=O)c(-c3cnn(CC(F)(F)C(F)(F)F)c3)c(C(F)(F)F)nc2c1. The van der Waals surface area contributed by atoms with Gasteiger partial charge in [-0.3, -0.25) is 27.8 Å². The van der Waals surface area contributed by atoms with Crippen LogP contribution in [0.15, 0.2) is 71.0 Å². The highest BCUT2D eigenvalue weighted by Gasteiger charge is 2.58. The number of pyridine rings is 2. The maximum absolute atomic E-state index is 13.6. The highest BCUT2D eigenvalue weighted by atomic mass is 19.4. The van der Waals surface area contributed by atoms with Crippen LogP contribution in [0.25, 0.3) is 38.4 Å². The Balaban J connectivity index is 0.000000231. The van der Waals surface area contributed by atoms with Gasteiger partial charge in [-0.15, -0.1) is 0 Å². The van der Waals surface area contributed by atoms with Crippen LogP contribution in [0.5, 0.6) is 0 Å². The lowest BCUT2D eigenvalue weighted by Gasteiger charge is -2.19. The van der Waals surface area contributed by atoms with E-state index in [1.807, 2.05) is 0 Å². The van der Waals surface area contributed by atoms with E-state index in [9.17, 15) is 79.8 Å². The van der Waals surface area contributed by atoms with Crippen LogP contribution >= 0.6 is 0 Å². The molecule has 0 saturated heterocycles. The maximum Gasteiger partial charge on any atom is 0.455 e. The van der Waals surface area contributed by atoms with Gasteiger partial charge >= 0.3 is 36.6 Å². The van der Waals surface area contributed by atoms with Crippen molar-refractivity contribution in [1.82, 2.24) is 38.3 Å². The number of nitrogens with zero attached hydrogens (tertiary/aromatic N) is 9. The summed E-state index contributed by atoms with van der Waals surface area (Å²) in [6.45, 7) is 2.13. The van der Waals surface area contributed by atoms with Gasteiger partial charge in [0.25, 0.3) is 11.1 Å². The molecule has 0 aliphatic carbocycles. The molecule has 0 amide bonds. The molecule has 0 spiro atoms. The van der Waals surface area contributed by atoms with Crippen molar-refractivity contribution >= 4 is 11.3 Å². The molecular weight excluding hydrogens is 874 g/mol.